The first kappa shape index (κ1) is 21.7. The number of anilines is 2. The van der Waals surface area contributed by atoms with Gasteiger partial charge >= 0.3 is 0 Å². The van der Waals surface area contributed by atoms with Crippen LogP contribution in [0, 0.1) is 0 Å². The smallest absolute Gasteiger partial charge is 0.262 e. The Labute approximate surface area is 187 Å². The molecular weight excluding hydrogens is 430 g/mol. The molecule has 0 spiro atoms. The van der Waals surface area contributed by atoms with Crippen molar-refractivity contribution in [1.82, 2.24) is 5.32 Å². The van der Waals surface area contributed by atoms with Crippen molar-refractivity contribution in [2.75, 3.05) is 29.8 Å². The largest absolute Gasteiger partial charge is 0.495 e. The maximum atomic E-state index is 13.1. The number of ether oxygens (including phenoxy) is 1. The topological polar surface area (TPSA) is 70.7 Å². The van der Waals surface area contributed by atoms with Crippen LogP contribution >= 0.6 is 11.3 Å². The summed E-state index contributed by atoms with van der Waals surface area (Å²) < 4.78 is 34.3. The van der Waals surface area contributed by atoms with Gasteiger partial charge in [0.15, 0.2) is 0 Å². The summed E-state index contributed by atoms with van der Waals surface area (Å²) in [6.07, 6.45) is 0. The Morgan fingerprint density at radius 1 is 1.06 bits per heavy atom. The molecule has 0 bridgehead atoms. The van der Waals surface area contributed by atoms with Gasteiger partial charge in [0.25, 0.3) is 10.0 Å². The molecule has 0 amide bonds. The molecular formula is C23H27N3O3S2. The van der Waals surface area contributed by atoms with E-state index in [0.29, 0.717) is 23.5 Å². The molecule has 4 rings (SSSR count). The molecule has 1 aliphatic heterocycles. The van der Waals surface area contributed by atoms with Gasteiger partial charge in [-0.15, -0.1) is 11.3 Å². The van der Waals surface area contributed by atoms with Crippen LogP contribution in [0.25, 0.3) is 10.4 Å². The Bertz CT molecular complexity index is 1120. The summed E-state index contributed by atoms with van der Waals surface area (Å²) in [5, 5.41) is 5.51. The van der Waals surface area contributed by atoms with E-state index >= 15 is 0 Å². The van der Waals surface area contributed by atoms with Crippen LogP contribution in [0.2, 0.25) is 0 Å². The molecule has 0 aliphatic carbocycles. The molecule has 2 heterocycles. The molecule has 6 nitrogen and oxygen atoms in total. The molecule has 1 saturated heterocycles. The maximum Gasteiger partial charge on any atom is 0.262 e. The van der Waals surface area contributed by atoms with Crippen LogP contribution in [-0.4, -0.2) is 40.7 Å². The Morgan fingerprint density at radius 2 is 1.77 bits per heavy atom. The number of hydrogen-bond acceptors (Lipinski definition) is 6. The van der Waals surface area contributed by atoms with Gasteiger partial charge in [0.2, 0.25) is 0 Å². The zero-order chi connectivity index (χ0) is 22.0. The summed E-state index contributed by atoms with van der Waals surface area (Å²) in [5.74, 6) is 0.485. The van der Waals surface area contributed by atoms with Crippen LogP contribution in [0.1, 0.15) is 13.8 Å². The SMILES string of the molecule is COc1ccc(N2C[C@@H](C)N[C@@H](C)C2)cc1NS(=O)(=O)c1ccc(-c2cccs2)cc1. The molecule has 2 atom stereocenters. The lowest BCUT2D eigenvalue weighted by atomic mass is 10.1. The zero-order valence-corrected chi connectivity index (χ0v) is 19.5. The van der Waals surface area contributed by atoms with Gasteiger partial charge in [-0.2, -0.15) is 0 Å². The summed E-state index contributed by atoms with van der Waals surface area (Å²) in [7, 11) is -2.22. The van der Waals surface area contributed by atoms with Gasteiger partial charge in [0, 0.05) is 35.7 Å². The first-order chi connectivity index (χ1) is 14.9. The van der Waals surface area contributed by atoms with Crippen molar-refractivity contribution in [3.05, 3.63) is 60.0 Å². The van der Waals surface area contributed by atoms with Crippen molar-refractivity contribution < 1.29 is 13.2 Å². The summed E-state index contributed by atoms with van der Waals surface area (Å²) in [6, 6.07) is 17.3. The maximum absolute atomic E-state index is 13.1. The second kappa shape index (κ2) is 8.90. The van der Waals surface area contributed by atoms with E-state index in [9.17, 15) is 8.42 Å². The molecule has 2 N–H and O–H groups in total. The molecule has 31 heavy (non-hydrogen) atoms. The highest BCUT2D eigenvalue weighted by molar-refractivity contribution is 7.92. The summed E-state index contributed by atoms with van der Waals surface area (Å²) in [4.78, 5) is 3.58. The minimum absolute atomic E-state index is 0.213. The summed E-state index contributed by atoms with van der Waals surface area (Å²) in [6.45, 7) is 6.01. The van der Waals surface area contributed by atoms with Crippen molar-refractivity contribution in [2.45, 2.75) is 30.8 Å². The van der Waals surface area contributed by atoms with E-state index in [4.69, 9.17) is 4.74 Å². The zero-order valence-electron chi connectivity index (χ0n) is 17.8. The number of nitrogens with one attached hydrogen (secondary N) is 2. The van der Waals surface area contributed by atoms with Crippen LogP contribution in [0.4, 0.5) is 11.4 Å². The summed E-state index contributed by atoms with van der Waals surface area (Å²) >= 11 is 1.62. The van der Waals surface area contributed by atoms with E-state index in [1.807, 2.05) is 47.8 Å². The Hall–Kier alpha value is -2.55. The number of methoxy groups -OCH3 is 1. The van der Waals surface area contributed by atoms with Crippen LogP contribution in [-0.2, 0) is 10.0 Å². The molecule has 0 saturated carbocycles. The molecule has 1 fully saturated rings. The fourth-order valence-corrected chi connectivity index (χ4v) is 5.75. The average molecular weight is 458 g/mol. The second-order valence-electron chi connectivity index (χ2n) is 7.87. The van der Waals surface area contributed by atoms with Crippen LogP contribution < -0.4 is 19.7 Å². The monoisotopic (exact) mass is 457 g/mol. The Morgan fingerprint density at radius 3 is 2.39 bits per heavy atom. The second-order valence-corrected chi connectivity index (χ2v) is 10.5. The molecule has 1 aromatic heterocycles. The van der Waals surface area contributed by atoms with Gasteiger partial charge in [-0.25, -0.2) is 8.42 Å². The van der Waals surface area contributed by atoms with E-state index in [1.54, 1.807) is 23.5 Å². The van der Waals surface area contributed by atoms with E-state index in [1.165, 1.54) is 7.11 Å². The van der Waals surface area contributed by atoms with Gasteiger partial charge in [0.1, 0.15) is 5.75 Å². The lowest BCUT2D eigenvalue weighted by Gasteiger charge is -2.38. The lowest BCUT2D eigenvalue weighted by Crippen LogP contribution is -2.54. The minimum Gasteiger partial charge on any atom is -0.495 e. The number of rotatable bonds is 6. The molecule has 8 heteroatoms. The van der Waals surface area contributed by atoms with Crippen molar-refractivity contribution in [1.29, 1.82) is 0 Å². The van der Waals surface area contributed by atoms with Crippen LogP contribution in [0.5, 0.6) is 5.75 Å². The van der Waals surface area contributed by atoms with E-state index in [2.05, 4.69) is 28.8 Å². The molecule has 0 radical (unpaired) electrons. The third-order valence-electron chi connectivity index (χ3n) is 5.32. The molecule has 164 valence electrons. The Kier molecular flexibility index (Phi) is 6.22. The standard InChI is InChI=1S/C23H27N3O3S2/c1-16-14-26(15-17(2)24-16)19-8-11-22(29-3)21(13-19)25-31(27,28)20-9-6-18(7-10-20)23-5-4-12-30-23/h4-13,16-17,24-25H,14-15H2,1-3H3/t16-,17+. The van der Waals surface area contributed by atoms with E-state index < -0.39 is 10.0 Å². The van der Waals surface area contributed by atoms with Gasteiger partial charge < -0.3 is 15.0 Å². The van der Waals surface area contributed by atoms with Crippen molar-refractivity contribution >= 4 is 32.7 Å². The van der Waals surface area contributed by atoms with Gasteiger partial charge in [-0.3, -0.25) is 4.72 Å². The number of piperazine rings is 1. The van der Waals surface area contributed by atoms with Crippen LogP contribution in [0.15, 0.2) is 64.9 Å². The van der Waals surface area contributed by atoms with Crippen molar-refractivity contribution in [3.8, 4) is 16.2 Å². The van der Waals surface area contributed by atoms with E-state index in [0.717, 1.165) is 29.2 Å². The number of thiophene rings is 1. The third kappa shape index (κ3) is 4.87. The number of hydrogen-bond donors (Lipinski definition) is 2. The third-order valence-corrected chi connectivity index (χ3v) is 7.62. The molecule has 0 unspecified atom stereocenters. The Balaban J connectivity index is 1.59. The quantitative estimate of drug-likeness (QED) is 0.574. The number of nitrogens with zero attached hydrogens (tertiary/aromatic N) is 1. The molecule has 3 aromatic rings. The minimum atomic E-state index is -3.76. The lowest BCUT2D eigenvalue weighted by molar-refractivity contribution is 0.406. The highest BCUT2D eigenvalue weighted by atomic mass is 32.2. The van der Waals surface area contributed by atoms with Gasteiger partial charge in [0.05, 0.1) is 17.7 Å². The molecule has 2 aromatic carbocycles. The predicted octanol–water partition coefficient (Wildman–Crippen LogP) is 4.41. The van der Waals surface area contributed by atoms with E-state index in [-0.39, 0.29) is 4.90 Å². The normalized spacial score (nSPS) is 19.3. The number of sulfonamides is 1. The summed E-state index contributed by atoms with van der Waals surface area (Å²) in [5.41, 5.74) is 2.39. The average Bonchev–Trinajstić information content (AvgIpc) is 3.28. The highest BCUT2D eigenvalue weighted by Crippen LogP contribution is 2.33. The van der Waals surface area contributed by atoms with Crippen molar-refractivity contribution in [3.63, 3.8) is 0 Å². The van der Waals surface area contributed by atoms with Gasteiger partial charge in [-0.1, -0.05) is 18.2 Å². The predicted molar refractivity (Wildman–Crippen MR) is 128 cm³/mol. The number of benzene rings is 2. The fraction of sp³-hybridized carbons (Fsp3) is 0.304. The van der Waals surface area contributed by atoms with Gasteiger partial charge in [-0.05, 0) is 61.2 Å². The molecule has 1 aliphatic rings. The first-order valence-electron chi connectivity index (χ1n) is 10.2. The van der Waals surface area contributed by atoms with Crippen LogP contribution in [0.3, 0.4) is 0 Å². The van der Waals surface area contributed by atoms with Crippen molar-refractivity contribution in [2.24, 2.45) is 0 Å². The fourth-order valence-electron chi connectivity index (χ4n) is 3.95. The highest BCUT2D eigenvalue weighted by Gasteiger charge is 2.23. The first-order valence-corrected chi connectivity index (χ1v) is 12.6.